The highest BCUT2D eigenvalue weighted by atomic mass is 35.5. The number of phenolic OH excluding ortho intramolecular Hbond substituents is 2. The molecule has 0 saturated carbocycles. The molecule has 76 valence electrons. The van der Waals surface area contributed by atoms with Crippen LogP contribution in [0.4, 0.5) is 0 Å². The molecule has 0 unspecified atom stereocenters. The second-order valence-electron chi connectivity index (χ2n) is 2.68. The van der Waals surface area contributed by atoms with Crippen LogP contribution in [-0.2, 0) is 0 Å². The molecule has 5 heteroatoms. The van der Waals surface area contributed by atoms with E-state index in [-0.39, 0.29) is 23.0 Å². The summed E-state index contributed by atoms with van der Waals surface area (Å²) in [4.78, 5) is 11.3. The SMILES string of the molecule is O=C(NCCCl)c1cc(O)cc(O)c1. The third-order valence-electron chi connectivity index (χ3n) is 1.54. The predicted octanol–water partition coefficient (Wildman–Crippen LogP) is 1.07. The number of rotatable bonds is 3. The number of carbonyl (C=O) groups excluding carboxylic acids is 1. The minimum absolute atomic E-state index is 0.152. The van der Waals surface area contributed by atoms with Gasteiger partial charge in [0.25, 0.3) is 5.91 Å². The van der Waals surface area contributed by atoms with Gasteiger partial charge >= 0.3 is 0 Å². The van der Waals surface area contributed by atoms with Gasteiger partial charge in [0.05, 0.1) is 0 Å². The van der Waals surface area contributed by atoms with E-state index in [1.165, 1.54) is 12.1 Å². The molecule has 4 nitrogen and oxygen atoms in total. The van der Waals surface area contributed by atoms with Gasteiger partial charge in [-0.15, -0.1) is 11.6 Å². The van der Waals surface area contributed by atoms with Crippen LogP contribution in [0.15, 0.2) is 18.2 Å². The molecule has 0 aliphatic carbocycles. The summed E-state index contributed by atoms with van der Waals surface area (Å²) in [5.74, 6) is -0.366. The first kappa shape index (κ1) is 10.7. The molecule has 1 aromatic carbocycles. The summed E-state index contributed by atoms with van der Waals surface area (Å²) in [5, 5.41) is 20.7. The molecule has 0 atom stereocenters. The quantitative estimate of drug-likeness (QED) is 0.661. The number of phenols is 2. The number of benzene rings is 1. The Labute approximate surface area is 86.1 Å². The van der Waals surface area contributed by atoms with Crippen molar-refractivity contribution in [1.29, 1.82) is 0 Å². The Morgan fingerprint density at radius 3 is 2.36 bits per heavy atom. The van der Waals surface area contributed by atoms with Crippen LogP contribution in [0.2, 0.25) is 0 Å². The summed E-state index contributed by atoms with van der Waals surface area (Å²) < 4.78 is 0. The highest BCUT2D eigenvalue weighted by molar-refractivity contribution is 6.18. The number of nitrogens with one attached hydrogen (secondary N) is 1. The first-order chi connectivity index (χ1) is 6.63. The van der Waals surface area contributed by atoms with Crippen LogP contribution in [-0.4, -0.2) is 28.5 Å². The monoisotopic (exact) mass is 215 g/mol. The van der Waals surface area contributed by atoms with E-state index in [1.807, 2.05) is 0 Å². The van der Waals surface area contributed by atoms with E-state index in [0.29, 0.717) is 12.4 Å². The van der Waals surface area contributed by atoms with Crippen molar-refractivity contribution in [2.75, 3.05) is 12.4 Å². The molecule has 1 aromatic rings. The Bertz CT molecular complexity index is 321. The van der Waals surface area contributed by atoms with E-state index >= 15 is 0 Å². The summed E-state index contributed by atoms with van der Waals surface area (Å²) in [7, 11) is 0. The summed E-state index contributed by atoms with van der Waals surface area (Å²) in [5.41, 5.74) is 0.201. The maximum absolute atomic E-state index is 11.3. The molecule has 1 rings (SSSR count). The zero-order valence-corrected chi connectivity index (χ0v) is 8.08. The second kappa shape index (κ2) is 4.72. The molecule has 0 aliphatic rings. The van der Waals surface area contributed by atoms with Crippen molar-refractivity contribution in [3.8, 4) is 11.5 Å². The molecule has 0 aliphatic heterocycles. The Kier molecular flexibility index (Phi) is 3.59. The number of alkyl halides is 1. The number of halogens is 1. The minimum atomic E-state index is -0.378. The van der Waals surface area contributed by atoms with Crippen molar-refractivity contribution in [2.45, 2.75) is 0 Å². The fourth-order valence-electron chi connectivity index (χ4n) is 0.989. The highest BCUT2D eigenvalue weighted by Crippen LogP contribution is 2.19. The highest BCUT2D eigenvalue weighted by Gasteiger charge is 2.07. The van der Waals surface area contributed by atoms with Crippen LogP contribution in [0.1, 0.15) is 10.4 Å². The van der Waals surface area contributed by atoms with Gasteiger partial charge in [-0.05, 0) is 12.1 Å². The Morgan fingerprint density at radius 1 is 1.29 bits per heavy atom. The number of amides is 1. The average Bonchev–Trinajstić information content (AvgIpc) is 2.12. The summed E-state index contributed by atoms with van der Waals surface area (Å²) in [6.45, 7) is 0.344. The number of hydrogen-bond acceptors (Lipinski definition) is 3. The van der Waals surface area contributed by atoms with Gasteiger partial charge in [0.15, 0.2) is 0 Å². The minimum Gasteiger partial charge on any atom is -0.508 e. The summed E-state index contributed by atoms with van der Waals surface area (Å²) in [6, 6.07) is 3.69. The Morgan fingerprint density at radius 2 is 1.86 bits per heavy atom. The first-order valence-electron chi connectivity index (χ1n) is 4.00. The molecular formula is C9H10ClNO3. The third kappa shape index (κ3) is 2.81. The van der Waals surface area contributed by atoms with Crippen LogP contribution >= 0.6 is 11.6 Å². The molecule has 0 radical (unpaired) electrons. The molecule has 0 bridgehead atoms. The van der Waals surface area contributed by atoms with Gasteiger partial charge in [-0.2, -0.15) is 0 Å². The molecule has 0 aromatic heterocycles. The lowest BCUT2D eigenvalue weighted by atomic mass is 10.2. The van der Waals surface area contributed by atoms with Crippen LogP contribution in [0.3, 0.4) is 0 Å². The van der Waals surface area contributed by atoms with Gasteiger partial charge in [0.2, 0.25) is 0 Å². The van der Waals surface area contributed by atoms with Gasteiger partial charge in [-0.25, -0.2) is 0 Å². The largest absolute Gasteiger partial charge is 0.508 e. The lowest BCUT2D eigenvalue weighted by Gasteiger charge is -2.03. The van der Waals surface area contributed by atoms with Crippen LogP contribution in [0.5, 0.6) is 11.5 Å². The van der Waals surface area contributed by atoms with E-state index in [2.05, 4.69) is 5.32 Å². The topological polar surface area (TPSA) is 69.6 Å². The lowest BCUT2D eigenvalue weighted by molar-refractivity contribution is 0.0955. The Balaban J connectivity index is 2.79. The van der Waals surface area contributed by atoms with Crippen molar-refractivity contribution in [2.24, 2.45) is 0 Å². The summed E-state index contributed by atoms with van der Waals surface area (Å²) in [6.07, 6.45) is 0. The standard InChI is InChI=1S/C9H10ClNO3/c10-1-2-11-9(14)6-3-7(12)5-8(13)4-6/h3-5,12-13H,1-2H2,(H,11,14). The van der Waals surface area contributed by atoms with Gasteiger partial charge < -0.3 is 15.5 Å². The molecule has 0 spiro atoms. The molecule has 0 fully saturated rings. The average molecular weight is 216 g/mol. The molecule has 14 heavy (non-hydrogen) atoms. The molecule has 0 saturated heterocycles. The van der Waals surface area contributed by atoms with E-state index in [9.17, 15) is 4.79 Å². The maximum Gasteiger partial charge on any atom is 0.251 e. The van der Waals surface area contributed by atoms with Crippen LogP contribution in [0, 0.1) is 0 Å². The van der Waals surface area contributed by atoms with Crippen molar-refractivity contribution in [1.82, 2.24) is 5.32 Å². The van der Waals surface area contributed by atoms with Gasteiger partial charge in [-0.1, -0.05) is 0 Å². The molecule has 0 heterocycles. The van der Waals surface area contributed by atoms with E-state index < -0.39 is 0 Å². The lowest BCUT2D eigenvalue weighted by Crippen LogP contribution is -2.25. The maximum atomic E-state index is 11.3. The van der Waals surface area contributed by atoms with Gasteiger partial charge in [0.1, 0.15) is 11.5 Å². The van der Waals surface area contributed by atoms with Crippen molar-refractivity contribution in [3.05, 3.63) is 23.8 Å². The fourth-order valence-corrected chi connectivity index (χ4v) is 1.08. The predicted molar refractivity (Wildman–Crippen MR) is 52.8 cm³/mol. The normalized spacial score (nSPS) is 9.79. The number of hydrogen-bond donors (Lipinski definition) is 3. The second-order valence-corrected chi connectivity index (χ2v) is 3.06. The van der Waals surface area contributed by atoms with E-state index in [4.69, 9.17) is 21.8 Å². The van der Waals surface area contributed by atoms with Crippen molar-refractivity contribution < 1.29 is 15.0 Å². The Hall–Kier alpha value is -1.42. The van der Waals surface area contributed by atoms with E-state index in [1.54, 1.807) is 0 Å². The zero-order valence-electron chi connectivity index (χ0n) is 7.33. The number of aromatic hydroxyl groups is 2. The van der Waals surface area contributed by atoms with Crippen molar-refractivity contribution in [3.63, 3.8) is 0 Å². The molecule has 3 N–H and O–H groups in total. The zero-order chi connectivity index (χ0) is 10.6. The third-order valence-corrected chi connectivity index (χ3v) is 1.73. The first-order valence-corrected chi connectivity index (χ1v) is 4.54. The van der Waals surface area contributed by atoms with Crippen LogP contribution < -0.4 is 5.32 Å². The fraction of sp³-hybridized carbons (Fsp3) is 0.222. The van der Waals surface area contributed by atoms with Gasteiger partial charge in [0, 0.05) is 24.1 Å². The van der Waals surface area contributed by atoms with Gasteiger partial charge in [-0.3, -0.25) is 4.79 Å². The number of carbonyl (C=O) groups is 1. The summed E-state index contributed by atoms with van der Waals surface area (Å²) >= 11 is 5.38. The molecule has 1 amide bonds. The van der Waals surface area contributed by atoms with E-state index in [0.717, 1.165) is 6.07 Å². The van der Waals surface area contributed by atoms with Crippen molar-refractivity contribution >= 4 is 17.5 Å². The smallest absolute Gasteiger partial charge is 0.251 e. The van der Waals surface area contributed by atoms with Crippen LogP contribution in [0.25, 0.3) is 0 Å². The molecular weight excluding hydrogens is 206 g/mol.